The summed E-state index contributed by atoms with van der Waals surface area (Å²) in [5.74, 6) is -3.01. The molecule has 3 N–H and O–H groups in total. The molecule has 19 heteroatoms. The van der Waals surface area contributed by atoms with Crippen LogP contribution in [0.2, 0.25) is 5.02 Å². The zero-order valence-corrected chi connectivity index (χ0v) is 41.5. The maximum Gasteiger partial charge on any atom is 0.408 e. The number of hydrogen-bond acceptors (Lipinski definition) is 12. The van der Waals surface area contributed by atoms with Gasteiger partial charge in [-0.3, -0.25) is 14.2 Å². The molecule has 2 saturated carbocycles. The number of methoxy groups -OCH3 is 1. The first kappa shape index (κ1) is 49.6. The molecule has 2 aliphatic carbocycles. The number of hydrogen-bond donors (Lipinski definition) is 3. The molecule has 0 bridgehead atoms. The molecule has 7 atom stereocenters. The summed E-state index contributed by atoms with van der Waals surface area (Å²) >= 11 is 8.33. The average molecular weight is 998 g/mol. The molecule has 8 rings (SSSR count). The second kappa shape index (κ2) is 21.0. The SMILES string of the molecule is CCOP(=O)(Cc1c(F)cccc1F)[C@@]12C[C@H]1C=CCCCC[C@@H](C)[C@H](NC(=O)OC1CCCC1)C(=O)N1C[C@H](Oc3cc(-c4csc(NC(C)C)n4)nc4c(Cl)c(OC)ccc34)C[C@H]1C(=O)N2. The van der Waals surface area contributed by atoms with Crippen molar-refractivity contribution in [2.24, 2.45) is 11.8 Å². The first-order valence-electron chi connectivity index (χ1n) is 23.6. The molecule has 366 valence electrons. The van der Waals surface area contributed by atoms with Gasteiger partial charge in [-0.05, 0) is 102 Å². The van der Waals surface area contributed by atoms with Gasteiger partial charge in [0, 0.05) is 40.8 Å². The number of benzene rings is 2. The Labute approximate surface area is 404 Å². The second-order valence-electron chi connectivity index (χ2n) is 18.6. The van der Waals surface area contributed by atoms with Crippen molar-refractivity contribution in [1.29, 1.82) is 0 Å². The van der Waals surface area contributed by atoms with Gasteiger partial charge in [-0.25, -0.2) is 23.5 Å². The van der Waals surface area contributed by atoms with Crippen molar-refractivity contribution in [3.8, 4) is 22.9 Å². The van der Waals surface area contributed by atoms with E-state index in [1.807, 2.05) is 38.3 Å². The molecule has 0 spiro atoms. The van der Waals surface area contributed by atoms with E-state index < -0.39 is 78.0 Å². The first-order valence-corrected chi connectivity index (χ1v) is 26.7. The van der Waals surface area contributed by atoms with Gasteiger partial charge in [0.25, 0.3) is 0 Å². The van der Waals surface area contributed by atoms with E-state index in [4.69, 9.17) is 40.3 Å². The second-order valence-corrected chi connectivity index (χ2v) is 22.6. The lowest BCUT2D eigenvalue weighted by Gasteiger charge is -2.34. The Hall–Kier alpha value is -4.83. The van der Waals surface area contributed by atoms with Crippen molar-refractivity contribution in [2.75, 3.05) is 25.6 Å². The normalized spacial score (nSPS) is 25.5. The average Bonchev–Trinajstić information content (AvgIpc) is 3.72. The van der Waals surface area contributed by atoms with E-state index in [0.717, 1.165) is 50.7 Å². The third kappa shape index (κ3) is 10.5. The van der Waals surface area contributed by atoms with Crippen molar-refractivity contribution in [3.05, 3.63) is 76.2 Å². The highest BCUT2D eigenvalue weighted by Gasteiger charge is 2.67. The number of rotatable bonds is 13. The zero-order valence-electron chi connectivity index (χ0n) is 39.0. The van der Waals surface area contributed by atoms with E-state index in [9.17, 15) is 4.79 Å². The van der Waals surface area contributed by atoms with Gasteiger partial charge < -0.3 is 39.6 Å². The summed E-state index contributed by atoms with van der Waals surface area (Å²) in [6, 6.07) is 6.51. The van der Waals surface area contributed by atoms with Gasteiger partial charge in [0.05, 0.1) is 37.6 Å². The van der Waals surface area contributed by atoms with Crippen LogP contribution in [0.25, 0.3) is 22.3 Å². The van der Waals surface area contributed by atoms with E-state index in [1.54, 1.807) is 25.1 Å². The Morgan fingerprint density at radius 1 is 1.04 bits per heavy atom. The molecule has 0 radical (unpaired) electrons. The number of ether oxygens (including phenoxy) is 3. The lowest BCUT2D eigenvalue weighted by Crippen LogP contribution is -2.57. The molecule has 2 aliphatic heterocycles. The van der Waals surface area contributed by atoms with Gasteiger partial charge in [-0.1, -0.05) is 43.2 Å². The highest BCUT2D eigenvalue weighted by atomic mass is 35.5. The number of halogens is 3. The summed E-state index contributed by atoms with van der Waals surface area (Å²) in [6.45, 7) is 7.43. The van der Waals surface area contributed by atoms with Gasteiger partial charge in [0.1, 0.15) is 63.4 Å². The molecule has 3 amide bonds. The molecule has 68 heavy (non-hydrogen) atoms. The van der Waals surface area contributed by atoms with E-state index in [1.165, 1.54) is 29.4 Å². The maximum atomic E-state index is 15.4. The smallest absolute Gasteiger partial charge is 0.408 e. The molecular formula is C49H60ClF2N6O8PS. The minimum absolute atomic E-state index is 0.0230. The number of carbonyl (C=O) groups excluding carboxylic acids is 3. The monoisotopic (exact) mass is 996 g/mol. The van der Waals surface area contributed by atoms with Crippen LogP contribution in [0.5, 0.6) is 11.5 Å². The summed E-state index contributed by atoms with van der Waals surface area (Å²) in [5.41, 5.74) is 1.02. The Balaban J connectivity index is 1.18. The van der Waals surface area contributed by atoms with Crippen LogP contribution in [-0.2, 0) is 29.6 Å². The molecule has 2 aromatic carbocycles. The summed E-state index contributed by atoms with van der Waals surface area (Å²) in [4.78, 5) is 55.0. The van der Waals surface area contributed by atoms with Crippen LogP contribution in [0.1, 0.15) is 97.5 Å². The number of carbonyl (C=O) groups is 3. The largest absolute Gasteiger partial charge is 0.495 e. The topological polar surface area (TPSA) is 170 Å². The van der Waals surface area contributed by atoms with Gasteiger partial charge in [-0.2, -0.15) is 0 Å². The minimum Gasteiger partial charge on any atom is -0.495 e. The fourth-order valence-corrected chi connectivity index (χ4v) is 14.0. The van der Waals surface area contributed by atoms with Crippen LogP contribution >= 0.6 is 30.3 Å². The zero-order chi connectivity index (χ0) is 48.3. The number of amides is 3. The predicted molar refractivity (Wildman–Crippen MR) is 258 cm³/mol. The molecule has 4 aromatic rings. The van der Waals surface area contributed by atoms with E-state index in [-0.39, 0.29) is 49.1 Å². The van der Waals surface area contributed by atoms with Gasteiger partial charge >= 0.3 is 6.09 Å². The quantitative estimate of drug-likeness (QED) is 0.0860. The molecule has 2 aromatic heterocycles. The van der Waals surface area contributed by atoms with Crippen LogP contribution in [-0.4, -0.2) is 88.7 Å². The van der Waals surface area contributed by atoms with E-state index in [0.29, 0.717) is 51.8 Å². The fraction of sp³-hybridized carbons (Fsp3) is 0.531. The van der Waals surface area contributed by atoms with Crippen LogP contribution in [0.15, 0.2) is 53.9 Å². The summed E-state index contributed by atoms with van der Waals surface area (Å²) in [7, 11) is -2.64. The Bertz CT molecular complexity index is 2580. The molecule has 1 unspecified atom stereocenters. The van der Waals surface area contributed by atoms with E-state index in [2.05, 4.69) is 16.0 Å². The number of allylic oxidation sites excluding steroid dienone is 1. The lowest BCUT2D eigenvalue weighted by atomic mass is 9.94. The third-order valence-corrected chi connectivity index (χ3v) is 17.8. The summed E-state index contributed by atoms with van der Waals surface area (Å²) < 4.78 is 70.2. The lowest BCUT2D eigenvalue weighted by molar-refractivity contribution is -0.141. The van der Waals surface area contributed by atoms with Crippen LogP contribution in [0.3, 0.4) is 0 Å². The van der Waals surface area contributed by atoms with Crippen LogP contribution in [0, 0.1) is 23.5 Å². The Kier molecular flexibility index (Phi) is 15.3. The summed E-state index contributed by atoms with van der Waals surface area (Å²) in [6.07, 6.45) is 7.73. The van der Waals surface area contributed by atoms with Gasteiger partial charge in [0.2, 0.25) is 19.2 Å². The number of nitrogens with zero attached hydrogens (tertiary/aromatic N) is 3. The predicted octanol–water partition coefficient (Wildman–Crippen LogP) is 10.6. The van der Waals surface area contributed by atoms with Crippen LogP contribution in [0.4, 0.5) is 18.7 Å². The molecular weight excluding hydrogens is 937 g/mol. The highest BCUT2D eigenvalue weighted by molar-refractivity contribution is 7.60. The van der Waals surface area contributed by atoms with Crippen molar-refractivity contribution in [1.82, 2.24) is 25.5 Å². The third-order valence-electron chi connectivity index (χ3n) is 13.4. The van der Waals surface area contributed by atoms with Crippen molar-refractivity contribution in [3.63, 3.8) is 0 Å². The first-order chi connectivity index (χ1) is 32.6. The Morgan fingerprint density at radius 3 is 2.51 bits per heavy atom. The van der Waals surface area contributed by atoms with Gasteiger partial charge in [0.15, 0.2) is 5.13 Å². The maximum absolute atomic E-state index is 15.4. The number of anilines is 1. The van der Waals surface area contributed by atoms with Crippen LogP contribution < -0.4 is 25.4 Å². The number of alkyl carbamates (subject to hydrolysis) is 1. The highest BCUT2D eigenvalue weighted by Crippen LogP contribution is 2.74. The fourth-order valence-electron chi connectivity index (χ4n) is 9.78. The van der Waals surface area contributed by atoms with Crippen molar-refractivity contribution in [2.45, 2.75) is 134 Å². The number of pyridine rings is 1. The number of fused-ring (bicyclic) bond motifs is 3. The van der Waals surface area contributed by atoms with Gasteiger partial charge in [-0.15, -0.1) is 11.3 Å². The summed E-state index contributed by atoms with van der Waals surface area (Å²) in [5, 5.41) is 11.1. The van der Waals surface area contributed by atoms with E-state index >= 15 is 22.9 Å². The molecule has 14 nitrogen and oxygen atoms in total. The van der Waals surface area contributed by atoms with Crippen molar-refractivity contribution >= 4 is 64.2 Å². The number of thiazole rings is 1. The molecule has 3 fully saturated rings. The standard InChI is InChI=1S/C49H60ClF2N6O8PS/c1-6-64-67(62,26-34-35(51)18-13-19-36(34)52)49-24-30(49)15-10-8-7-9-14-29(4)43(56-48(61)66-31-16-11-12-17-31)46(60)58-25-32(22-39(58)45(59)57-49)65-41-23-37(38-27-68-47(55-38)53-28(2)3)54-44-33(41)20-21-40(63-5)42(44)50/h10,13,15,18-21,23,27-32,39,43H,6-9,11-12,14,16-17,22,24-26H2,1-5H3,(H,53,55)(H,56,61)(H,57,59)/t29-,30-,32-,39+,43+,49+,67?/m1/s1. The number of aromatic nitrogens is 2. The molecule has 1 saturated heterocycles. The van der Waals surface area contributed by atoms with Crippen molar-refractivity contribution < 1.29 is 46.5 Å². The molecule has 4 heterocycles. The molecule has 4 aliphatic rings. The Morgan fingerprint density at radius 2 is 1.79 bits per heavy atom. The number of nitrogens with one attached hydrogen (secondary N) is 3. The minimum atomic E-state index is -4.15.